The highest BCUT2D eigenvalue weighted by Gasteiger charge is 2.25. The van der Waals surface area contributed by atoms with E-state index in [9.17, 15) is 14.9 Å². The van der Waals surface area contributed by atoms with Gasteiger partial charge in [0.25, 0.3) is 5.69 Å². The first kappa shape index (κ1) is 15.3. The highest BCUT2D eigenvalue weighted by molar-refractivity contribution is 5.70. The van der Waals surface area contributed by atoms with Gasteiger partial charge in [0.15, 0.2) is 0 Å². The number of carboxylic acids is 1. The SMILES string of the molecule is Cc1c(NCC2CCC(C(=O)O)CC2)cccc1[N+](=O)[O-]. The number of rotatable bonds is 5. The van der Waals surface area contributed by atoms with E-state index in [0.717, 1.165) is 37.9 Å². The standard InChI is InChI=1S/C15H20N2O4/c1-10-13(3-2-4-14(10)17(20)21)16-9-11-5-7-12(8-6-11)15(18)19/h2-4,11-12,16H,5-9H2,1H3,(H,18,19). The van der Waals surface area contributed by atoms with Gasteiger partial charge >= 0.3 is 5.97 Å². The van der Waals surface area contributed by atoms with E-state index in [-0.39, 0.29) is 16.5 Å². The Morgan fingerprint density at radius 3 is 2.62 bits per heavy atom. The molecule has 0 aromatic heterocycles. The number of nitro groups is 1. The van der Waals surface area contributed by atoms with Crippen LogP contribution in [-0.4, -0.2) is 22.5 Å². The molecule has 1 fully saturated rings. The van der Waals surface area contributed by atoms with E-state index in [1.165, 1.54) is 6.07 Å². The molecule has 0 aliphatic heterocycles. The van der Waals surface area contributed by atoms with Gasteiger partial charge in [-0.1, -0.05) is 6.07 Å². The summed E-state index contributed by atoms with van der Waals surface area (Å²) in [6, 6.07) is 5.01. The lowest BCUT2D eigenvalue weighted by Gasteiger charge is -2.26. The third-order valence-corrected chi connectivity index (χ3v) is 4.28. The van der Waals surface area contributed by atoms with Crippen molar-refractivity contribution in [2.24, 2.45) is 11.8 Å². The first-order valence-corrected chi connectivity index (χ1v) is 7.19. The zero-order valence-corrected chi connectivity index (χ0v) is 12.0. The van der Waals surface area contributed by atoms with Crippen LogP contribution in [0.1, 0.15) is 31.2 Å². The van der Waals surface area contributed by atoms with E-state index >= 15 is 0 Å². The Morgan fingerprint density at radius 2 is 2.05 bits per heavy atom. The van der Waals surface area contributed by atoms with Crippen molar-refractivity contribution in [1.82, 2.24) is 0 Å². The minimum Gasteiger partial charge on any atom is -0.481 e. The molecule has 0 bridgehead atoms. The zero-order valence-electron chi connectivity index (χ0n) is 12.0. The lowest BCUT2D eigenvalue weighted by molar-refractivity contribution is -0.385. The molecule has 0 unspecified atom stereocenters. The summed E-state index contributed by atoms with van der Waals surface area (Å²) in [5, 5.41) is 23.1. The predicted octanol–water partition coefficient (Wildman–Crippen LogP) is 3.21. The van der Waals surface area contributed by atoms with Crippen molar-refractivity contribution in [2.75, 3.05) is 11.9 Å². The maximum absolute atomic E-state index is 10.9. The number of nitrogens with one attached hydrogen (secondary N) is 1. The lowest BCUT2D eigenvalue weighted by atomic mass is 9.82. The molecular formula is C15H20N2O4. The van der Waals surface area contributed by atoms with Crippen molar-refractivity contribution in [3.63, 3.8) is 0 Å². The second-order valence-electron chi connectivity index (χ2n) is 5.64. The molecule has 0 radical (unpaired) electrons. The van der Waals surface area contributed by atoms with Gasteiger partial charge in [-0.2, -0.15) is 0 Å². The fourth-order valence-corrected chi connectivity index (χ4v) is 2.88. The van der Waals surface area contributed by atoms with Crippen LogP contribution in [0.4, 0.5) is 11.4 Å². The normalized spacial score (nSPS) is 21.8. The first-order valence-electron chi connectivity index (χ1n) is 7.19. The zero-order chi connectivity index (χ0) is 15.4. The van der Waals surface area contributed by atoms with Crippen molar-refractivity contribution in [1.29, 1.82) is 0 Å². The molecule has 0 amide bonds. The van der Waals surface area contributed by atoms with E-state index < -0.39 is 5.97 Å². The molecule has 21 heavy (non-hydrogen) atoms. The Labute approximate surface area is 123 Å². The van der Waals surface area contributed by atoms with Crippen LogP contribution in [-0.2, 0) is 4.79 Å². The predicted molar refractivity (Wildman–Crippen MR) is 79.4 cm³/mol. The number of nitrogens with zero attached hydrogens (tertiary/aromatic N) is 1. The number of hydrogen-bond donors (Lipinski definition) is 2. The van der Waals surface area contributed by atoms with Gasteiger partial charge in [0, 0.05) is 23.9 Å². The van der Waals surface area contributed by atoms with Crippen molar-refractivity contribution in [3.05, 3.63) is 33.9 Å². The summed E-state index contributed by atoms with van der Waals surface area (Å²) in [7, 11) is 0. The van der Waals surface area contributed by atoms with E-state index in [1.54, 1.807) is 13.0 Å². The number of carbonyl (C=O) groups is 1. The highest BCUT2D eigenvalue weighted by Crippen LogP contribution is 2.30. The third kappa shape index (κ3) is 3.71. The molecule has 1 aromatic rings. The minimum atomic E-state index is -0.698. The Bertz CT molecular complexity index is 536. The summed E-state index contributed by atoms with van der Waals surface area (Å²) in [6.07, 6.45) is 3.21. The summed E-state index contributed by atoms with van der Waals surface area (Å²) < 4.78 is 0. The topological polar surface area (TPSA) is 92.5 Å². The van der Waals surface area contributed by atoms with Crippen molar-refractivity contribution >= 4 is 17.3 Å². The molecule has 6 heteroatoms. The smallest absolute Gasteiger partial charge is 0.306 e. The molecule has 2 rings (SSSR count). The Kier molecular flexibility index (Phi) is 4.77. The second kappa shape index (κ2) is 6.56. The summed E-state index contributed by atoms with van der Waals surface area (Å²) in [6.45, 7) is 2.47. The number of aliphatic carboxylic acids is 1. The van der Waals surface area contributed by atoms with E-state index in [2.05, 4.69) is 5.32 Å². The average Bonchev–Trinajstić information content (AvgIpc) is 2.46. The number of benzene rings is 1. The van der Waals surface area contributed by atoms with E-state index in [1.807, 2.05) is 6.07 Å². The maximum atomic E-state index is 10.9. The van der Waals surface area contributed by atoms with Gasteiger partial charge in [-0.3, -0.25) is 14.9 Å². The van der Waals surface area contributed by atoms with E-state index in [4.69, 9.17) is 5.11 Å². The van der Waals surface area contributed by atoms with Crippen LogP contribution in [0.25, 0.3) is 0 Å². The quantitative estimate of drug-likeness (QED) is 0.642. The third-order valence-electron chi connectivity index (χ3n) is 4.28. The molecule has 0 saturated heterocycles. The van der Waals surface area contributed by atoms with Crippen LogP contribution in [0.2, 0.25) is 0 Å². The summed E-state index contributed by atoms with van der Waals surface area (Å²) >= 11 is 0. The largest absolute Gasteiger partial charge is 0.481 e. The molecule has 1 aliphatic carbocycles. The molecule has 0 atom stereocenters. The highest BCUT2D eigenvalue weighted by atomic mass is 16.6. The lowest BCUT2D eigenvalue weighted by Crippen LogP contribution is -2.25. The molecule has 6 nitrogen and oxygen atoms in total. The Morgan fingerprint density at radius 1 is 1.38 bits per heavy atom. The van der Waals surface area contributed by atoms with Crippen LogP contribution >= 0.6 is 0 Å². The Balaban J connectivity index is 1.91. The molecule has 114 valence electrons. The van der Waals surface area contributed by atoms with E-state index in [0.29, 0.717) is 11.5 Å². The van der Waals surface area contributed by atoms with Gasteiger partial charge in [0.2, 0.25) is 0 Å². The molecule has 0 spiro atoms. The molecule has 0 heterocycles. The van der Waals surface area contributed by atoms with Crippen LogP contribution in [0.15, 0.2) is 18.2 Å². The van der Waals surface area contributed by atoms with Crippen LogP contribution < -0.4 is 5.32 Å². The minimum absolute atomic E-state index is 0.120. The molecule has 1 saturated carbocycles. The van der Waals surface area contributed by atoms with Gasteiger partial charge in [-0.05, 0) is 44.6 Å². The van der Waals surface area contributed by atoms with Gasteiger partial charge in [0.1, 0.15) is 0 Å². The summed E-state index contributed by atoms with van der Waals surface area (Å²) in [5.74, 6) is -0.476. The first-order chi connectivity index (χ1) is 9.99. The Hall–Kier alpha value is -2.11. The number of nitro benzene ring substituents is 1. The number of hydrogen-bond acceptors (Lipinski definition) is 4. The van der Waals surface area contributed by atoms with Gasteiger partial charge < -0.3 is 10.4 Å². The van der Waals surface area contributed by atoms with Crippen LogP contribution in [0.5, 0.6) is 0 Å². The van der Waals surface area contributed by atoms with Crippen LogP contribution in [0, 0.1) is 28.9 Å². The summed E-state index contributed by atoms with van der Waals surface area (Å²) in [4.78, 5) is 21.4. The second-order valence-corrected chi connectivity index (χ2v) is 5.64. The van der Waals surface area contributed by atoms with Crippen molar-refractivity contribution in [2.45, 2.75) is 32.6 Å². The molecule has 2 N–H and O–H groups in total. The molecular weight excluding hydrogens is 272 g/mol. The van der Waals surface area contributed by atoms with Gasteiger partial charge in [0.05, 0.1) is 10.8 Å². The number of carboxylic acid groups (broad SMARTS) is 1. The molecule has 1 aliphatic rings. The molecule has 1 aromatic carbocycles. The number of anilines is 1. The summed E-state index contributed by atoms with van der Waals surface area (Å²) in [5.41, 5.74) is 1.54. The van der Waals surface area contributed by atoms with Crippen molar-refractivity contribution < 1.29 is 14.8 Å². The van der Waals surface area contributed by atoms with Crippen LogP contribution in [0.3, 0.4) is 0 Å². The maximum Gasteiger partial charge on any atom is 0.306 e. The average molecular weight is 292 g/mol. The van der Waals surface area contributed by atoms with Gasteiger partial charge in [-0.25, -0.2) is 0 Å². The fraction of sp³-hybridized carbons (Fsp3) is 0.533. The van der Waals surface area contributed by atoms with Crippen molar-refractivity contribution in [3.8, 4) is 0 Å². The monoisotopic (exact) mass is 292 g/mol. The van der Waals surface area contributed by atoms with Gasteiger partial charge in [-0.15, -0.1) is 0 Å². The fourth-order valence-electron chi connectivity index (χ4n) is 2.88.